The Kier molecular flexibility index (Phi) is 11.2. The van der Waals surface area contributed by atoms with Crippen LogP contribution in [0.4, 0.5) is 11.6 Å². The zero-order valence-corrected chi connectivity index (χ0v) is 19.8. The predicted molar refractivity (Wildman–Crippen MR) is 130 cm³/mol. The number of nitrogens with one attached hydrogen (secondary N) is 4. The molecule has 0 atom stereocenters. The van der Waals surface area contributed by atoms with Crippen molar-refractivity contribution in [3.63, 3.8) is 0 Å². The number of hydrogen-bond acceptors (Lipinski definition) is 8. The monoisotopic (exact) mass is 504 g/mol. The predicted octanol–water partition coefficient (Wildman–Crippen LogP) is 2.87. The van der Waals surface area contributed by atoms with Crippen molar-refractivity contribution in [1.29, 1.82) is 5.41 Å². The molecule has 0 spiro atoms. The highest BCUT2D eigenvalue weighted by atomic mass is 35.5. The number of aromatic amines is 1. The first-order valence-electron chi connectivity index (χ1n) is 10.0. The Labute approximate surface area is 202 Å². The Bertz CT molecular complexity index is 937. The first-order chi connectivity index (χ1) is 15.1. The average Bonchev–Trinajstić information content (AvgIpc) is 2.78. The molecule has 32 heavy (non-hydrogen) atoms. The van der Waals surface area contributed by atoms with Gasteiger partial charge < -0.3 is 25.5 Å². The van der Waals surface area contributed by atoms with Crippen LogP contribution in [0.3, 0.4) is 0 Å². The van der Waals surface area contributed by atoms with Crippen molar-refractivity contribution in [3.8, 4) is 0 Å². The lowest BCUT2D eigenvalue weighted by Gasteiger charge is -2.26. The largest absolute Gasteiger partial charge is 0.379 e. The summed E-state index contributed by atoms with van der Waals surface area (Å²) in [7, 11) is 0. The number of halogens is 3. The minimum atomic E-state index is -0.363. The van der Waals surface area contributed by atoms with Gasteiger partial charge in [-0.25, -0.2) is 4.98 Å². The van der Waals surface area contributed by atoms with Gasteiger partial charge in [0.1, 0.15) is 11.4 Å². The molecule has 0 amide bonds. The van der Waals surface area contributed by atoms with Gasteiger partial charge >= 0.3 is 0 Å². The zero-order chi connectivity index (χ0) is 22.1. The van der Waals surface area contributed by atoms with Gasteiger partial charge in [0.15, 0.2) is 0 Å². The second kappa shape index (κ2) is 13.6. The van der Waals surface area contributed by atoms with E-state index in [1.807, 2.05) is 6.07 Å². The van der Waals surface area contributed by atoms with Crippen LogP contribution in [-0.2, 0) is 16.0 Å². The molecule has 2 heterocycles. The summed E-state index contributed by atoms with van der Waals surface area (Å²) in [5, 5.41) is 14.6. The molecule has 1 saturated heterocycles. The molecule has 1 aromatic heterocycles. The molecular weight excluding hydrogens is 479 g/mol. The minimum absolute atomic E-state index is 0. The standard InChI is InChI=1S/C20H26Cl2N6O3.ClH/c21-15-2-1-14(11-16(15)22)13-25-20-26-17(12-23)18(19(29)27-20)24-3-7-30-8-4-28-5-9-31-10-6-28;/h1-2,11-12,23-24H,3-10,13H2,(H2,25,26,27,29);1H. The Hall–Kier alpha value is -1.88. The molecule has 2 aromatic rings. The van der Waals surface area contributed by atoms with E-state index >= 15 is 0 Å². The molecular formula is C20H27Cl3N6O3. The number of benzene rings is 1. The Morgan fingerprint density at radius 3 is 2.72 bits per heavy atom. The van der Waals surface area contributed by atoms with Gasteiger partial charge in [0.2, 0.25) is 5.95 Å². The van der Waals surface area contributed by atoms with Crippen LogP contribution in [-0.4, -0.2) is 73.7 Å². The van der Waals surface area contributed by atoms with Gasteiger partial charge in [0, 0.05) is 38.9 Å². The van der Waals surface area contributed by atoms with Gasteiger partial charge in [-0.1, -0.05) is 29.3 Å². The second-order valence-corrected chi connectivity index (χ2v) is 7.73. The minimum Gasteiger partial charge on any atom is -0.379 e. The van der Waals surface area contributed by atoms with Crippen LogP contribution in [0.1, 0.15) is 11.3 Å². The molecule has 0 radical (unpaired) electrons. The summed E-state index contributed by atoms with van der Waals surface area (Å²) in [6, 6.07) is 5.27. The molecule has 0 saturated carbocycles. The van der Waals surface area contributed by atoms with Crippen LogP contribution in [0.5, 0.6) is 0 Å². The maximum Gasteiger partial charge on any atom is 0.276 e. The maximum atomic E-state index is 12.5. The third-order valence-corrected chi connectivity index (χ3v) is 5.47. The fraction of sp³-hybridized carbons (Fsp3) is 0.450. The van der Waals surface area contributed by atoms with E-state index in [-0.39, 0.29) is 35.3 Å². The number of nitrogens with zero attached hydrogens (tertiary/aromatic N) is 2. The molecule has 4 N–H and O–H groups in total. The third-order valence-electron chi connectivity index (χ3n) is 4.73. The lowest BCUT2D eigenvalue weighted by molar-refractivity contribution is 0.0215. The molecule has 0 aliphatic carbocycles. The highest BCUT2D eigenvalue weighted by molar-refractivity contribution is 6.42. The Morgan fingerprint density at radius 2 is 2.00 bits per heavy atom. The highest BCUT2D eigenvalue weighted by Crippen LogP contribution is 2.22. The molecule has 1 fully saturated rings. The number of ether oxygens (including phenoxy) is 2. The van der Waals surface area contributed by atoms with E-state index in [0.717, 1.165) is 44.6 Å². The molecule has 9 nitrogen and oxygen atoms in total. The van der Waals surface area contributed by atoms with Gasteiger partial charge in [0.05, 0.1) is 36.5 Å². The number of aromatic nitrogens is 2. The zero-order valence-electron chi connectivity index (χ0n) is 17.5. The van der Waals surface area contributed by atoms with Crippen LogP contribution in [0.25, 0.3) is 0 Å². The summed E-state index contributed by atoms with van der Waals surface area (Å²) in [6.07, 6.45) is 1.04. The molecule has 1 aliphatic rings. The van der Waals surface area contributed by atoms with Gasteiger partial charge in [0.25, 0.3) is 5.56 Å². The van der Waals surface area contributed by atoms with E-state index in [2.05, 4.69) is 25.5 Å². The van der Waals surface area contributed by atoms with Gasteiger partial charge in [-0.2, -0.15) is 0 Å². The van der Waals surface area contributed by atoms with E-state index in [1.165, 1.54) is 0 Å². The molecule has 3 rings (SSSR count). The number of anilines is 2. The number of H-pyrrole nitrogens is 1. The van der Waals surface area contributed by atoms with Gasteiger partial charge in [-0.3, -0.25) is 14.7 Å². The summed E-state index contributed by atoms with van der Waals surface area (Å²) < 4.78 is 11.0. The smallest absolute Gasteiger partial charge is 0.276 e. The second-order valence-electron chi connectivity index (χ2n) is 6.91. The topological polar surface area (TPSA) is 115 Å². The Balaban J connectivity index is 0.00000363. The van der Waals surface area contributed by atoms with Crippen molar-refractivity contribution in [3.05, 3.63) is 49.9 Å². The molecule has 12 heteroatoms. The first kappa shape index (κ1) is 26.4. The molecule has 0 bridgehead atoms. The molecule has 1 aliphatic heterocycles. The van der Waals surface area contributed by atoms with Gasteiger partial charge in [-0.15, -0.1) is 12.4 Å². The maximum absolute atomic E-state index is 12.5. The summed E-state index contributed by atoms with van der Waals surface area (Å²) in [5.41, 5.74) is 1.00. The lowest BCUT2D eigenvalue weighted by atomic mass is 10.2. The van der Waals surface area contributed by atoms with E-state index in [4.69, 9.17) is 38.1 Å². The van der Waals surface area contributed by atoms with Crippen molar-refractivity contribution in [2.24, 2.45) is 0 Å². The Morgan fingerprint density at radius 1 is 1.22 bits per heavy atom. The average molecular weight is 506 g/mol. The van der Waals surface area contributed by atoms with Gasteiger partial charge in [-0.05, 0) is 17.7 Å². The summed E-state index contributed by atoms with van der Waals surface area (Å²) >= 11 is 11.9. The van der Waals surface area contributed by atoms with E-state index in [9.17, 15) is 4.79 Å². The third kappa shape index (κ3) is 7.91. The number of morpholine rings is 1. The van der Waals surface area contributed by atoms with E-state index in [0.29, 0.717) is 36.3 Å². The van der Waals surface area contributed by atoms with Crippen LogP contribution in [0.2, 0.25) is 10.0 Å². The van der Waals surface area contributed by atoms with Crippen molar-refractivity contribution in [2.75, 3.05) is 63.2 Å². The number of hydrogen-bond donors (Lipinski definition) is 4. The molecule has 176 valence electrons. The van der Waals surface area contributed by atoms with E-state index < -0.39 is 0 Å². The van der Waals surface area contributed by atoms with Crippen molar-refractivity contribution >= 4 is 53.5 Å². The summed E-state index contributed by atoms with van der Waals surface area (Å²) in [4.78, 5) is 21.7. The van der Waals surface area contributed by atoms with Crippen molar-refractivity contribution in [2.45, 2.75) is 6.54 Å². The lowest BCUT2D eigenvalue weighted by Crippen LogP contribution is -2.38. The van der Waals surface area contributed by atoms with Crippen molar-refractivity contribution in [1.82, 2.24) is 14.9 Å². The molecule has 0 unspecified atom stereocenters. The SMILES string of the molecule is Cl.N=Cc1nc(NCc2ccc(Cl)c(Cl)c2)[nH]c(=O)c1NCCOCCN1CCOCC1. The number of rotatable bonds is 11. The van der Waals surface area contributed by atoms with Crippen molar-refractivity contribution < 1.29 is 9.47 Å². The van der Waals surface area contributed by atoms with Crippen LogP contribution >= 0.6 is 35.6 Å². The highest BCUT2D eigenvalue weighted by Gasteiger charge is 2.11. The van der Waals surface area contributed by atoms with Crippen LogP contribution in [0, 0.1) is 5.41 Å². The molecule has 1 aromatic carbocycles. The fourth-order valence-corrected chi connectivity index (χ4v) is 3.37. The van der Waals surface area contributed by atoms with E-state index in [1.54, 1.807) is 12.1 Å². The quantitative estimate of drug-likeness (QED) is 0.274. The van der Waals surface area contributed by atoms with Crippen LogP contribution in [0.15, 0.2) is 23.0 Å². The summed E-state index contributed by atoms with van der Waals surface area (Å²) in [6.45, 7) is 6.13. The van der Waals surface area contributed by atoms with Crippen LogP contribution < -0.4 is 16.2 Å². The first-order valence-corrected chi connectivity index (χ1v) is 10.8. The normalized spacial score (nSPS) is 13.9. The fourth-order valence-electron chi connectivity index (χ4n) is 3.05. The summed E-state index contributed by atoms with van der Waals surface area (Å²) in [5.74, 6) is 0.266.